The van der Waals surface area contributed by atoms with Crippen LogP contribution in [-0.2, 0) is 0 Å². The number of halogens is 2. The second-order valence-electron chi connectivity index (χ2n) is 2.82. The first-order valence-electron chi connectivity index (χ1n) is 3.87. The van der Waals surface area contributed by atoms with E-state index in [1.165, 1.54) is 6.92 Å². The summed E-state index contributed by atoms with van der Waals surface area (Å²) in [6, 6.07) is 5.40. The summed E-state index contributed by atoms with van der Waals surface area (Å²) in [6.45, 7) is 1.44. The van der Waals surface area contributed by atoms with Crippen LogP contribution in [-0.4, -0.2) is 5.16 Å². The number of benzene rings is 1. The van der Waals surface area contributed by atoms with Crippen LogP contribution in [0.1, 0.15) is 18.8 Å². The van der Waals surface area contributed by atoms with E-state index in [1.807, 2.05) is 6.07 Å². The zero-order chi connectivity index (χ0) is 9.42. The van der Waals surface area contributed by atoms with Gasteiger partial charge in [-0.2, -0.15) is 0 Å². The van der Waals surface area contributed by atoms with E-state index in [0.717, 1.165) is 9.86 Å². The van der Waals surface area contributed by atoms with Gasteiger partial charge in [0.25, 0.3) is 0 Å². The first-order chi connectivity index (χ1) is 6.18. The van der Waals surface area contributed by atoms with E-state index in [9.17, 15) is 4.39 Å². The van der Waals surface area contributed by atoms with Crippen molar-refractivity contribution in [1.82, 2.24) is 5.16 Å². The third-order valence-electron chi connectivity index (χ3n) is 1.84. The maximum absolute atomic E-state index is 13.0. The minimum atomic E-state index is -1.09. The third kappa shape index (κ3) is 1.46. The average molecular weight is 244 g/mol. The Balaban J connectivity index is 2.69. The van der Waals surface area contributed by atoms with Gasteiger partial charge in [0.15, 0.2) is 5.58 Å². The molecule has 1 atom stereocenters. The molecule has 2 nitrogen and oxygen atoms in total. The lowest BCUT2D eigenvalue weighted by molar-refractivity contribution is 0.342. The van der Waals surface area contributed by atoms with Crippen LogP contribution in [0.3, 0.4) is 0 Å². The van der Waals surface area contributed by atoms with Crippen LogP contribution >= 0.6 is 15.9 Å². The summed E-state index contributed by atoms with van der Waals surface area (Å²) in [5.41, 5.74) is 0.969. The van der Waals surface area contributed by atoms with Gasteiger partial charge in [0.05, 0.1) is 0 Å². The predicted molar refractivity (Wildman–Crippen MR) is 51.2 cm³/mol. The number of rotatable bonds is 1. The van der Waals surface area contributed by atoms with Crippen molar-refractivity contribution in [3.8, 4) is 0 Å². The Morgan fingerprint density at radius 1 is 1.54 bits per heavy atom. The fourth-order valence-corrected chi connectivity index (χ4v) is 1.56. The van der Waals surface area contributed by atoms with Gasteiger partial charge in [-0.3, -0.25) is 0 Å². The lowest BCUT2D eigenvalue weighted by Crippen LogP contribution is -1.84. The Kier molecular flexibility index (Phi) is 2.07. The van der Waals surface area contributed by atoms with Gasteiger partial charge in [-0.15, -0.1) is 0 Å². The van der Waals surface area contributed by atoms with E-state index in [1.54, 1.807) is 12.1 Å². The van der Waals surface area contributed by atoms with Gasteiger partial charge in [0.1, 0.15) is 11.9 Å². The highest BCUT2D eigenvalue weighted by molar-refractivity contribution is 9.10. The lowest BCUT2D eigenvalue weighted by Gasteiger charge is -1.94. The monoisotopic (exact) mass is 243 g/mol. The SMILES string of the molecule is CC(F)c1noc2cc(Br)ccc12. The molecule has 2 aromatic rings. The van der Waals surface area contributed by atoms with Crippen molar-refractivity contribution >= 4 is 26.9 Å². The fourth-order valence-electron chi connectivity index (χ4n) is 1.22. The number of fused-ring (bicyclic) bond motifs is 1. The predicted octanol–water partition coefficient (Wildman–Crippen LogP) is 3.62. The highest BCUT2D eigenvalue weighted by Gasteiger charge is 2.13. The van der Waals surface area contributed by atoms with E-state index in [0.29, 0.717) is 11.3 Å². The van der Waals surface area contributed by atoms with Gasteiger partial charge in [0.2, 0.25) is 0 Å². The quantitative estimate of drug-likeness (QED) is 0.765. The van der Waals surface area contributed by atoms with Gasteiger partial charge < -0.3 is 4.52 Å². The standard InChI is InChI=1S/C9H7BrFNO/c1-5(11)9-7-3-2-6(10)4-8(7)13-12-9/h2-5H,1H3. The Hall–Kier alpha value is -0.900. The molecule has 0 aliphatic carbocycles. The molecule has 1 aromatic carbocycles. The zero-order valence-corrected chi connectivity index (χ0v) is 8.51. The largest absolute Gasteiger partial charge is 0.356 e. The smallest absolute Gasteiger partial charge is 0.168 e. The molecular formula is C9H7BrFNO. The molecule has 0 saturated heterocycles. The molecule has 0 radical (unpaired) electrons. The average Bonchev–Trinajstić information content (AvgIpc) is 2.46. The molecular weight excluding hydrogens is 237 g/mol. The number of alkyl halides is 1. The third-order valence-corrected chi connectivity index (χ3v) is 2.33. The Morgan fingerprint density at radius 3 is 3.00 bits per heavy atom. The van der Waals surface area contributed by atoms with Crippen LogP contribution in [0.15, 0.2) is 27.2 Å². The lowest BCUT2D eigenvalue weighted by atomic mass is 10.2. The first kappa shape index (κ1) is 8.69. The summed E-state index contributed by atoms with van der Waals surface area (Å²) in [5, 5.41) is 4.40. The van der Waals surface area contributed by atoms with Crippen molar-refractivity contribution in [3.63, 3.8) is 0 Å². The van der Waals surface area contributed by atoms with Crippen molar-refractivity contribution in [1.29, 1.82) is 0 Å². The summed E-state index contributed by atoms with van der Waals surface area (Å²) in [6.07, 6.45) is -1.09. The molecule has 2 rings (SSSR count). The van der Waals surface area contributed by atoms with Crippen LogP contribution in [0, 0.1) is 0 Å². The minimum Gasteiger partial charge on any atom is -0.356 e. The molecule has 1 unspecified atom stereocenters. The Morgan fingerprint density at radius 2 is 2.31 bits per heavy atom. The van der Waals surface area contributed by atoms with Crippen LogP contribution in [0.5, 0.6) is 0 Å². The molecule has 0 saturated carbocycles. The second-order valence-corrected chi connectivity index (χ2v) is 3.74. The number of nitrogens with zero attached hydrogens (tertiary/aromatic N) is 1. The van der Waals surface area contributed by atoms with Gasteiger partial charge in [-0.05, 0) is 25.1 Å². The van der Waals surface area contributed by atoms with Crippen molar-refractivity contribution < 1.29 is 8.91 Å². The first-order valence-corrected chi connectivity index (χ1v) is 4.66. The minimum absolute atomic E-state index is 0.363. The summed E-state index contributed by atoms with van der Waals surface area (Å²) < 4.78 is 18.8. The maximum Gasteiger partial charge on any atom is 0.168 e. The van der Waals surface area contributed by atoms with Crippen LogP contribution < -0.4 is 0 Å². The summed E-state index contributed by atoms with van der Waals surface area (Å²) in [7, 11) is 0. The molecule has 68 valence electrons. The number of hydrogen-bond acceptors (Lipinski definition) is 2. The topological polar surface area (TPSA) is 26.0 Å². The number of aromatic nitrogens is 1. The Bertz CT molecular complexity index is 438. The second kappa shape index (κ2) is 3.10. The van der Waals surface area contributed by atoms with E-state index in [4.69, 9.17) is 4.52 Å². The molecule has 13 heavy (non-hydrogen) atoms. The van der Waals surface area contributed by atoms with Gasteiger partial charge >= 0.3 is 0 Å². The molecule has 0 aliphatic rings. The van der Waals surface area contributed by atoms with Crippen molar-refractivity contribution in [2.24, 2.45) is 0 Å². The van der Waals surface area contributed by atoms with Crippen LogP contribution in [0.25, 0.3) is 11.0 Å². The Labute approximate surface area is 82.8 Å². The molecule has 4 heteroatoms. The molecule has 0 fully saturated rings. The highest BCUT2D eigenvalue weighted by Crippen LogP contribution is 2.27. The zero-order valence-electron chi connectivity index (χ0n) is 6.92. The highest BCUT2D eigenvalue weighted by atomic mass is 79.9. The molecule has 0 bridgehead atoms. The van der Waals surface area contributed by atoms with Gasteiger partial charge in [0, 0.05) is 9.86 Å². The van der Waals surface area contributed by atoms with Gasteiger partial charge in [-0.1, -0.05) is 21.1 Å². The van der Waals surface area contributed by atoms with Crippen LogP contribution in [0.2, 0.25) is 0 Å². The fraction of sp³-hybridized carbons (Fsp3) is 0.222. The van der Waals surface area contributed by atoms with Crippen molar-refractivity contribution in [2.45, 2.75) is 13.1 Å². The maximum atomic E-state index is 13.0. The molecule has 0 amide bonds. The molecule has 0 spiro atoms. The van der Waals surface area contributed by atoms with Gasteiger partial charge in [-0.25, -0.2) is 4.39 Å². The number of hydrogen-bond donors (Lipinski definition) is 0. The summed E-state index contributed by atoms with van der Waals surface area (Å²) in [4.78, 5) is 0. The summed E-state index contributed by atoms with van der Waals surface area (Å²) in [5.74, 6) is 0. The van der Waals surface area contributed by atoms with Crippen molar-refractivity contribution in [2.75, 3.05) is 0 Å². The van der Waals surface area contributed by atoms with E-state index >= 15 is 0 Å². The molecule has 0 N–H and O–H groups in total. The molecule has 1 heterocycles. The van der Waals surface area contributed by atoms with E-state index in [2.05, 4.69) is 21.1 Å². The summed E-state index contributed by atoms with van der Waals surface area (Å²) >= 11 is 3.30. The molecule has 1 aromatic heterocycles. The normalized spacial score (nSPS) is 13.5. The molecule has 0 aliphatic heterocycles. The van der Waals surface area contributed by atoms with E-state index < -0.39 is 6.17 Å². The van der Waals surface area contributed by atoms with Crippen LogP contribution in [0.4, 0.5) is 4.39 Å². The van der Waals surface area contributed by atoms with E-state index in [-0.39, 0.29) is 0 Å². The van der Waals surface area contributed by atoms with Crippen molar-refractivity contribution in [3.05, 3.63) is 28.4 Å².